The van der Waals surface area contributed by atoms with Crippen molar-refractivity contribution in [2.45, 2.75) is 18.2 Å². The number of benzene rings is 2. The van der Waals surface area contributed by atoms with E-state index in [4.69, 9.17) is 14.0 Å². The molecule has 2 aromatic heterocycles. The van der Waals surface area contributed by atoms with E-state index < -0.39 is 10.0 Å². The van der Waals surface area contributed by atoms with Gasteiger partial charge in [0, 0.05) is 18.7 Å². The van der Waals surface area contributed by atoms with Gasteiger partial charge in [-0.2, -0.15) is 4.98 Å². The molecule has 0 amide bonds. The zero-order valence-electron chi connectivity index (χ0n) is 18.6. The Morgan fingerprint density at radius 2 is 1.70 bits per heavy atom. The summed E-state index contributed by atoms with van der Waals surface area (Å²) in [6.07, 6.45) is 0.879. The Bertz CT molecular complexity index is 1340. The van der Waals surface area contributed by atoms with Crippen LogP contribution in [0.5, 0.6) is 11.5 Å². The maximum absolute atomic E-state index is 13.4. The highest BCUT2D eigenvalue weighted by molar-refractivity contribution is 7.93. The number of aromatic nitrogens is 2. The van der Waals surface area contributed by atoms with Crippen molar-refractivity contribution in [2.24, 2.45) is 0 Å². The van der Waals surface area contributed by atoms with Crippen LogP contribution in [0.1, 0.15) is 12.5 Å². The quantitative estimate of drug-likeness (QED) is 0.351. The van der Waals surface area contributed by atoms with E-state index in [-0.39, 0.29) is 10.8 Å². The first-order valence-electron chi connectivity index (χ1n) is 10.1. The molecule has 2 aromatic carbocycles. The summed E-state index contributed by atoms with van der Waals surface area (Å²) >= 11 is 1.22. The number of ether oxygens (including phenoxy) is 2. The number of sulfonamides is 1. The Labute approximate surface area is 196 Å². The molecule has 33 heavy (non-hydrogen) atoms. The minimum atomic E-state index is -3.85. The van der Waals surface area contributed by atoms with Crippen molar-refractivity contribution in [2.75, 3.05) is 25.6 Å². The van der Waals surface area contributed by atoms with Gasteiger partial charge < -0.3 is 14.0 Å². The molecule has 0 aliphatic heterocycles. The Morgan fingerprint density at radius 3 is 2.30 bits per heavy atom. The highest BCUT2D eigenvalue weighted by atomic mass is 32.2. The summed E-state index contributed by atoms with van der Waals surface area (Å²) in [7, 11) is 0.781. The lowest BCUT2D eigenvalue weighted by Crippen LogP contribution is -2.26. The topological polar surface area (TPSA) is 94.8 Å². The highest BCUT2D eigenvalue weighted by Gasteiger charge is 2.28. The van der Waals surface area contributed by atoms with Gasteiger partial charge in [0.15, 0.2) is 0 Å². The van der Waals surface area contributed by atoms with Gasteiger partial charge in [0.05, 0.1) is 19.9 Å². The highest BCUT2D eigenvalue weighted by Crippen LogP contribution is 2.36. The molecule has 0 aliphatic carbocycles. The van der Waals surface area contributed by atoms with Gasteiger partial charge in [-0.05, 0) is 47.7 Å². The second-order valence-electron chi connectivity index (χ2n) is 7.13. The van der Waals surface area contributed by atoms with Crippen LogP contribution in [0.3, 0.4) is 0 Å². The molecule has 0 saturated carbocycles. The number of thiophene rings is 1. The van der Waals surface area contributed by atoms with Crippen LogP contribution in [0.2, 0.25) is 0 Å². The minimum absolute atomic E-state index is 0.105. The summed E-state index contributed by atoms with van der Waals surface area (Å²) in [6, 6.07) is 14.2. The van der Waals surface area contributed by atoms with Gasteiger partial charge in [0.25, 0.3) is 15.9 Å². The van der Waals surface area contributed by atoms with E-state index in [0.717, 1.165) is 12.0 Å². The number of nitrogens with zero attached hydrogens (tertiary/aromatic N) is 3. The van der Waals surface area contributed by atoms with Crippen LogP contribution in [0.15, 0.2) is 63.3 Å². The number of aryl methyl sites for hydroxylation is 1. The molecule has 172 valence electrons. The summed E-state index contributed by atoms with van der Waals surface area (Å²) in [4.78, 5) is 4.92. The molecule has 0 fully saturated rings. The van der Waals surface area contributed by atoms with Gasteiger partial charge in [-0.25, -0.2) is 8.42 Å². The lowest BCUT2D eigenvalue weighted by molar-refractivity contribution is 0.394. The van der Waals surface area contributed by atoms with E-state index >= 15 is 0 Å². The molecule has 2 heterocycles. The number of rotatable bonds is 8. The molecule has 0 bridgehead atoms. The average molecular weight is 486 g/mol. The van der Waals surface area contributed by atoms with Gasteiger partial charge in [0.2, 0.25) is 5.82 Å². The SMILES string of the molecule is CCc1ccc(N(C)S(=O)(=O)c2ccsc2-c2nc(-c3cc(OC)cc(OC)c3)no2)cc1. The van der Waals surface area contributed by atoms with E-state index in [2.05, 4.69) is 10.1 Å². The summed E-state index contributed by atoms with van der Waals surface area (Å²) < 4.78 is 44.1. The Balaban J connectivity index is 1.69. The van der Waals surface area contributed by atoms with Crippen LogP contribution >= 0.6 is 11.3 Å². The van der Waals surface area contributed by atoms with Crippen LogP contribution in [0, 0.1) is 0 Å². The third-order valence-electron chi connectivity index (χ3n) is 5.21. The largest absolute Gasteiger partial charge is 0.497 e. The molecule has 0 N–H and O–H groups in total. The van der Waals surface area contributed by atoms with Crippen molar-refractivity contribution in [3.05, 3.63) is 59.5 Å². The fraction of sp³-hybridized carbons (Fsp3) is 0.217. The first-order valence-corrected chi connectivity index (χ1v) is 12.4. The second kappa shape index (κ2) is 9.24. The Kier molecular flexibility index (Phi) is 6.39. The zero-order chi connectivity index (χ0) is 23.6. The van der Waals surface area contributed by atoms with Crippen molar-refractivity contribution < 1.29 is 22.4 Å². The summed E-state index contributed by atoms with van der Waals surface area (Å²) in [5.41, 5.74) is 2.32. The third kappa shape index (κ3) is 4.44. The normalized spacial score (nSPS) is 11.4. The van der Waals surface area contributed by atoms with Crippen LogP contribution in [-0.2, 0) is 16.4 Å². The lowest BCUT2D eigenvalue weighted by Gasteiger charge is -2.19. The zero-order valence-corrected chi connectivity index (χ0v) is 20.2. The molecule has 0 unspecified atom stereocenters. The molecule has 0 atom stereocenters. The molecule has 0 saturated heterocycles. The maximum Gasteiger partial charge on any atom is 0.269 e. The van der Waals surface area contributed by atoms with Gasteiger partial charge in [-0.3, -0.25) is 4.31 Å². The number of hydrogen-bond acceptors (Lipinski definition) is 8. The van der Waals surface area contributed by atoms with Crippen molar-refractivity contribution in [3.8, 4) is 33.7 Å². The molecule has 10 heteroatoms. The molecule has 4 rings (SSSR count). The van der Waals surface area contributed by atoms with Crippen LogP contribution in [0.25, 0.3) is 22.2 Å². The van der Waals surface area contributed by atoms with E-state index in [1.165, 1.54) is 22.7 Å². The molecule has 8 nitrogen and oxygen atoms in total. The average Bonchev–Trinajstić information content (AvgIpc) is 3.53. The van der Waals surface area contributed by atoms with E-state index in [1.807, 2.05) is 19.1 Å². The van der Waals surface area contributed by atoms with Gasteiger partial charge in [-0.15, -0.1) is 11.3 Å². The van der Waals surface area contributed by atoms with Crippen LogP contribution in [-0.4, -0.2) is 39.8 Å². The summed E-state index contributed by atoms with van der Waals surface area (Å²) in [6.45, 7) is 2.05. The molecule has 0 spiro atoms. The third-order valence-corrected chi connectivity index (χ3v) is 8.07. The molecule has 4 aromatic rings. The summed E-state index contributed by atoms with van der Waals surface area (Å²) in [5.74, 6) is 1.56. The van der Waals surface area contributed by atoms with Gasteiger partial charge >= 0.3 is 0 Å². The first-order chi connectivity index (χ1) is 15.9. The summed E-state index contributed by atoms with van der Waals surface area (Å²) in [5, 5.41) is 5.73. The second-order valence-corrected chi connectivity index (χ2v) is 9.98. The number of anilines is 1. The van der Waals surface area contributed by atoms with E-state index in [9.17, 15) is 8.42 Å². The molecular formula is C23H23N3O5S2. The molecule has 0 aliphatic rings. The van der Waals surface area contributed by atoms with Crippen molar-refractivity contribution in [1.82, 2.24) is 10.1 Å². The number of hydrogen-bond donors (Lipinski definition) is 0. The Hall–Kier alpha value is -3.37. The van der Waals surface area contributed by atoms with Crippen molar-refractivity contribution >= 4 is 27.0 Å². The van der Waals surface area contributed by atoms with E-state index in [1.54, 1.807) is 56.0 Å². The minimum Gasteiger partial charge on any atom is -0.497 e. The van der Waals surface area contributed by atoms with Crippen LogP contribution in [0.4, 0.5) is 5.69 Å². The fourth-order valence-electron chi connectivity index (χ4n) is 3.25. The Morgan fingerprint density at radius 1 is 1.03 bits per heavy atom. The fourth-order valence-corrected chi connectivity index (χ4v) is 5.76. The lowest BCUT2D eigenvalue weighted by atomic mass is 10.1. The molecular weight excluding hydrogens is 462 g/mol. The monoisotopic (exact) mass is 485 g/mol. The maximum atomic E-state index is 13.4. The van der Waals surface area contributed by atoms with Crippen molar-refractivity contribution in [1.29, 1.82) is 0 Å². The molecule has 0 radical (unpaired) electrons. The van der Waals surface area contributed by atoms with Crippen LogP contribution < -0.4 is 13.8 Å². The predicted molar refractivity (Wildman–Crippen MR) is 128 cm³/mol. The first kappa shape index (κ1) is 22.8. The number of methoxy groups -OCH3 is 2. The standard InChI is InChI=1S/C23H23N3O5S2/c1-5-15-6-8-17(9-7-15)26(2)33(27,28)20-10-11-32-21(20)23-24-22(25-31-23)16-12-18(29-3)14-19(13-16)30-4/h6-14H,5H2,1-4H3. The smallest absolute Gasteiger partial charge is 0.269 e. The van der Waals surface area contributed by atoms with E-state index in [0.29, 0.717) is 33.5 Å². The van der Waals surface area contributed by atoms with Gasteiger partial charge in [-0.1, -0.05) is 24.2 Å². The van der Waals surface area contributed by atoms with Crippen molar-refractivity contribution in [3.63, 3.8) is 0 Å². The van der Waals surface area contributed by atoms with Gasteiger partial charge in [0.1, 0.15) is 21.3 Å². The predicted octanol–water partition coefficient (Wildman–Crippen LogP) is 4.87.